The number of nitrogens with one attached hydrogen (secondary N) is 1. The summed E-state index contributed by atoms with van der Waals surface area (Å²) in [5.41, 5.74) is 0.581. The Kier molecular flexibility index (Phi) is 7.02. The first-order chi connectivity index (χ1) is 10.7. The smallest absolute Gasteiger partial charge is 0.407 e. The van der Waals surface area contributed by atoms with Gasteiger partial charge in [-0.05, 0) is 29.9 Å². The van der Waals surface area contributed by atoms with Gasteiger partial charge in [0.2, 0.25) is 0 Å². The largest absolute Gasteiger partial charge is 0.445 e. The number of rotatable bonds is 7. The number of aliphatic hydroxyl groups is 1. The molecule has 22 heavy (non-hydrogen) atoms. The van der Waals surface area contributed by atoms with Gasteiger partial charge in [0.15, 0.2) is 0 Å². The van der Waals surface area contributed by atoms with Gasteiger partial charge in [-0.25, -0.2) is 4.79 Å². The molecule has 6 heteroatoms. The van der Waals surface area contributed by atoms with Crippen LogP contribution in [0.4, 0.5) is 4.79 Å². The quantitative estimate of drug-likeness (QED) is 0.804. The minimum atomic E-state index is -0.436. The van der Waals surface area contributed by atoms with Crippen molar-refractivity contribution in [3.63, 3.8) is 0 Å². The maximum atomic E-state index is 11.8. The molecule has 1 saturated heterocycles. The van der Waals surface area contributed by atoms with E-state index in [1.807, 2.05) is 42.1 Å². The first-order valence-corrected chi connectivity index (χ1v) is 8.67. The van der Waals surface area contributed by atoms with Crippen molar-refractivity contribution in [3.8, 4) is 0 Å². The molecule has 0 unspecified atom stereocenters. The minimum absolute atomic E-state index is 0.00660. The third kappa shape index (κ3) is 5.51. The number of carbonyl (C=O) groups excluding carboxylic acids is 1. The van der Waals surface area contributed by atoms with E-state index in [-0.39, 0.29) is 18.8 Å². The van der Waals surface area contributed by atoms with Gasteiger partial charge in [0.05, 0.1) is 18.8 Å². The summed E-state index contributed by atoms with van der Waals surface area (Å²) in [6.45, 7) is 0.965. The highest BCUT2D eigenvalue weighted by molar-refractivity contribution is 7.99. The summed E-state index contributed by atoms with van der Waals surface area (Å²) >= 11 is 1.89. The molecule has 2 N–H and O–H groups in total. The van der Waals surface area contributed by atoms with E-state index < -0.39 is 6.09 Å². The van der Waals surface area contributed by atoms with Crippen LogP contribution in [0.5, 0.6) is 0 Å². The zero-order valence-electron chi connectivity index (χ0n) is 12.6. The molecule has 1 aromatic carbocycles. The summed E-state index contributed by atoms with van der Waals surface area (Å²) in [4.78, 5) is 11.8. The Bertz CT molecular complexity index is 449. The van der Waals surface area contributed by atoms with Gasteiger partial charge in [0, 0.05) is 6.54 Å². The van der Waals surface area contributed by atoms with Crippen LogP contribution in [0.2, 0.25) is 0 Å². The van der Waals surface area contributed by atoms with Crippen LogP contribution >= 0.6 is 11.8 Å². The predicted octanol–water partition coefficient (Wildman–Crippen LogP) is 2.19. The fourth-order valence-corrected chi connectivity index (χ4v) is 3.62. The lowest BCUT2D eigenvalue weighted by atomic mass is 9.96. The number of hydrogen-bond acceptors (Lipinski definition) is 5. The van der Waals surface area contributed by atoms with Crippen molar-refractivity contribution in [3.05, 3.63) is 35.9 Å². The van der Waals surface area contributed by atoms with Crippen LogP contribution in [-0.4, -0.2) is 48.1 Å². The third-order valence-electron chi connectivity index (χ3n) is 3.67. The van der Waals surface area contributed by atoms with E-state index in [9.17, 15) is 4.79 Å². The summed E-state index contributed by atoms with van der Waals surface area (Å²) in [6, 6.07) is 9.57. The maximum absolute atomic E-state index is 11.8. The van der Waals surface area contributed by atoms with Gasteiger partial charge < -0.3 is 19.9 Å². The molecular formula is C16H23NO4S. The third-order valence-corrected chi connectivity index (χ3v) is 4.66. The van der Waals surface area contributed by atoms with Crippen LogP contribution in [0.25, 0.3) is 0 Å². The number of ether oxygens (including phenoxy) is 2. The van der Waals surface area contributed by atoms with Gasteiger partial charge in [-0.2, -0.15) is 11.8 Å². The van der Waals surface area contributed by atoms with Crippen molar-refractivity contribution in [2.75, 3.05) is 31.3 Å². The van der Waals surface area contributed by atoms with Crippen LogP contribution in [0.15, 0.2) is 30.3 Å². The number of alkyl carbamates (subject to hydrolysis) is 1. The SMILES string of the molecule is O=C(NCC1(OCCO)CCSCC1)OCc1ccccc1. The zero-order chi connectivity index (χ0) is 15.7. The van der Waals surface area contributed by atoms with E-state index in [4.69, 9.17) is 14.6 Å². The van der Waals surface area contributed by atoms with Crippen LogP contribution in [-0.2, 0) is 16.1 Å². The highest BCUT2D eigenvalue weighted by Crippen LogP contribution is 2.30. The normalized spacial score (nSPS) is 17.0. The summed E-state index contributed by atoms with van der Waals surface area (Å²) in [7, 11) is 0. The van der Waals surface area contributed by atoms with Crippen LogP contribution in [0.1, 0.15) is 18.4 Å². The Hall–Kier alpha value is -1.24. The van der Waals surface area contributed by atoms with E-state index in [0.717, 1.165) is 29.9 Å². The fourth-order valence-electron chi connectivity index (χ4n) is 2.39. The first-order valence-electron chi connectivity index (χ1n) is 7.51. The van der Waals surface area contributed by atoms with Gasteiger partial charge in [-0.1, -0.05) is 30.3 Å². The number of hydrogen-bond donors (Lipinski definition) is 2. The van der Waals surface area contributed by atoms with Gasteiger partial charge in [-0.3, -0.25) is 0 Å². The number of benzene rings is 1. The number of aliphatic hydroxyl groups excluding tert-OH is 1. The molecule has 0 atom stereocenters. The molecule has 2 rings (SSSR count). The lowest BCUT2D eigenvalue weighted by Crippen LogP contribution is -2.48. The van der Waals surface area contributed by atoms with Crippen molar-refractivity contribution >= 4 is 17.9 Å². The Morgan fingerprint density at radius 2 is 2.00 bits per heavy atom. The van der Waals surface area contributed by atoms with Crippen molar-refractivity contribution < 1.29 is 19.4 Å². The van der Waals surface area contributed by atoms with E-state index in [0.29, 0.717) is 13.2 Å². The lowest BCUT2D eigenvalue weighted by molar-refractivity contribution is -0.0615. The van der Waals surface area contributed by atoms with E-state index >= 15 is 0 Å². The van der Waals surface area contributed by atoms with Crippen LogP contribution in [0, 0.1) is 0 Å². The molecule has 1 fully saturated rings. The highest BCUT2D eigenvalue weighted by Gasteiger charge is 2.33. The summed E-state index contributed by atoms with van der Waals surface area (Å²) < 4.78 is 11.0. The molecule has 1 heterocycles. The lowest BCUT2D eigenvalue weighted by Gasteiger charge is -2.36. The first kappa shape index (κ1) is 17.1. The van der Waals surface area contributed by atoms with Gasteiger partial charge in [0.25, 0.3) is 0 Å². The summed E-state index contributed by atoms with van der Waals surface area (Å²) in [6.07, 6.45) is 1.31. The zero-order valence-corrected chi connectivity index (χ0v) is 13.4. The van der Waals surface area contributed by atoms with E-state index in [1.165, 1.54) is 0 Å². The fraction of sp³-hybridized carbons (Fsp3) is 0.562. The number of amides is 1. The molecule has 1 amide bonds. The second-order valence-corrected chi connectivity index (χ2v) is 6.51. The van der Waals surface area contributed by atoms with Gasteiger partial charge >= 0.3 is 6.09 Å². The van der Waals surface area contributed by atoms with E-state index in [1.54, 1.807) is 0 Å². The number of thioether (sulfide) groups is 1. The predicted molar refractivity (Wildman–Crippen MR) is 87.0 cm³/mol. The van der Waals surface area contributed by atoms with Crippen molar-refractivity contribution in [1.82, 2.24) is 5.32 Å². The molecule has 0 aliphatic carbocycles. The van der Waals surface area contributed by atoms with E-state index in [2.05, 4.69) is 5.32 Å². The second kappa shape index (κ2) is 9.02. The second-order valence-electron chi connectivity index (χ2n) is 5.28. The van der Waals surface area contributed by atoms with Crippen molar-refractivity contribution in [2.45, 2.75) is 25.0 Å². The summed E-state index contributed by atoms with van der Waals surface area (Å²) in [5.74, 6) is 2.01. The maximum Gasteiger partial charge on any atom is 0.407 e. The molecule has 1 aromatic rings. The molecule has 0 saturated carbocycles. The minimum Gasteiger partial charge on any atom is -0.445 e. The Morgan fingerprint density at radius 1 is 1.27 bits per heavy atom. The Labute approximate surface area is 135 Å². The molecule has 122 valence electrons. The van der Waals surface area contributed by atoms with Crippen LogP contribution < -0.4 is 5.32 Å². The molecule has 0 spiro atoms. The molecular weight excluding hydrogens is 302 g/mol. The van der Waals surface area contributed by atoms with Gasteiger partial charge in [-0.15, -0.1) is 0 Å². The standard InChI is InChI=1S/C16H23NO4S/c18-8-9-21-16(6-10-22-11-7-16)13-17-15(19)20-12-14-4-2-1-3-5-14/h1-5,18H,6-13H2,(H,17,19). The molecule has 0 radical (unpaired) electrons. The topological polar surface area (TPSA) is 67.8 Å². The number of carbonyl (C=O) groups is 1. The van der Waals surface area contributed by atoms with Gasteiger partial charge in [0.1, 0.15) is 6.61 Å². The van der Waals surface area contributed by atoms with Crippen LogP contribution in [0.3, 0.4) is 0 Å². The molecule has 1 aliphatic heterocycles. The Balaban J connectivity index is 1.77. The van der Waals surface area contributed by atoms with Crippen molar-refractivity contribution in [1.29, 1.82) is 0 Å². The summed E-state index contributed by atoms with van der Waals surface area (Å²) in [5, 5.41) is 11.8. The average Bonchev–Trinajstić information content (AvgIpc) is 2.58. The monoisotopic (exact) mass is 325 g/mol. The molecule has 0 aromatic heterocycles. The Morgan fingerprint density at radius 3 is 2.68 bits per heavy atom. The van der Waals surface area contributed by atoms with Crippen molar-refractivity contribution in [2.24, 2.45) is 0 Å². The molecule has 0 bridgehead atoms. The average molecular weight is 325 g/mol. The highest BCUT2D eigenvalue weighted by atomic mass is 32.2. The molecule has 1 aliphatic rings. The molecule has 5 nitrogen and oxygen atoms in total.